The van der Waals surface area contributed by atoms with E-state index in [-0.39, 0.29) is 25.7 Å². The summed E-state index contributed by atoms with van der Waals surface area (Å²) in [5.41, 5.74) is 0. The van der Waals surface area contributed by atoms with Crippen LogP contribution in [0.2, 0.25) is 0 Å². The number of ether oxygens (including phenoxy) is 4. The summed E-state index contributed by atoms with van der Waals surface area (Å²) < 4.78 is 68.2. The first-order valence-corrected chi connectivity index (χ1v) is 38.2. The van der Waals surface area contributed by atoms with Crippen LogP contribution in [0.5, 0.6) is 0 Å². The Hall–Kier alpha value is -2.46. The summed E-state index contributed by atoms with van der Waals surface area (Å²) >= 11 is 0. The van der Waals surface area contributed by atoms with Gasteiger partial charge in [0.1, 0.15) is 19.3 Å². The van der Waals surface area contributed by atoms with Crippen LogP contribution in [0.25, 0.3) is 0 Å². The minimum Gasteiger partial charge on any atom is -0.462 e. The predicted octanol–water partition coefficient (Wildman–Crippen LogP) is 19.0. The molecule has 88 heavy (non-hydrogen) atoms. The summed E-state index contributed by atoms with van der Waals surface area (Å²) in [7, 11) is -9.91. The van der Waals surface area contributed by atoms with Gasteiger partial charge >= 0.3 is 39.5 Å². The molecule has 7 atom stereocenters. The topological polar surface area (TPSA) is 237 Å². The lowest BCUT2D eigenvalue weighted by molar-refractivity contribution is -0.161. The smallest absolute Gasteiger partial charge is 0.462 e. The molecule has 0 radical (unpaired) electrons. The van der Waals surface area contributed by atoms with Crippen molar-refractivity contribution in [1.29, 1.82) is 0 Å². The highest BCUT2D eigenvalue weighted by atomic mass is 31.2. The number of hydrogen-bond donors (Lipinski definition) is 3. The number of phosphoric acid groups is 2. The van der Waals surface area contributed by atoms with Crippen molar-refractivity contribution in [3.63, 3.8) is 0 Å². The largest absolute Gasteiger partial charge is 0.472 e. The minimum absolute atomic E-state index is 0.0956. The molecule has 0 fully saturated rings. The molecule has 3 N–H and O–H groups in total. The first-order valence-electron chi connectivity index (χ1n) is 35.2. The number of phosphoric ester groups is 2. The molecule has 0 amide bonds. The van der Waals surface area contributed by atoms with Gasteiger partial charge in [-0.1, -0.05) is 265 Å². The van der Waals surface area contributed by atoms with E-state index in [1.165, 1.54) is 109 Å². The minimum atomic E-state index is -4.96. The van der Waals surface area contributed by atoms with E-state index in [1.54, 1.807) is 0 Å². The van der Waals surface area contributed by atoms with E-state index in [0.29, 0.717) is 31.6 Å². The SMILES string of the molecule is CCCCCC/C=C\C=C/CCCCCCCC(=O)OC[C@H](COP(=O)(O)OCC(O)COP(=O)(O)OC[C@@H](COC(=O)CCCCCCCCCCC(C)C)OC(=O)CCCCCCCCCCC(C)CC)OC(=O)CCCCCCCCC(C)CC. The van der Waals surface area contributed by atoms with Crippen LogP contribution in [0.4, 0.5) is 0 Å². The Labute approximate surface area is 535 Å². The lowest BCUT2D eigenvalue weighted by Gasteiger charge is -2.21. The molecule has 5 unspecified atom stereocenters. The van der Waals surface area contributed by atoms with Gasteiger partial charge in [0, 0.05) is 25.7 Å². The van der Waals surface area contributed by atoms with E-state index in [1.807, 2.05) is 0 Å². The summed E-state index contributed by atoms with van der Waals surface area (Å²) in [5.74, 6) is 0.0458. The molecule has 0 aliphatic carbocycles. The van der Waals surface area contributed by atoms with Crippen molar-refractivity contribution >= 4 is 39.5 Å². The highest BCUT2D eigenvalue weighted by Gasteiger charge is 2.30. The Bertz CT molecular complexity index is 1830. The molecule has 0 aliphatic heterocycles. The van der Waals surface area contributed by atoms with E-state index < -0.39 is 97.5 Å². The summed E-state index contributed by atoms with van der Waals surface area (Å²) in [4.78, 5) is 72.4. The molecule has 0 aliphatic rings. The molecule has 17 nitrogen and oxygen atoms in total. The highest BCUT2D eigenvalue weighted by Crippen LogP contribution is 2.45. The van der Waals surface area contributed by atoms with Crippen molar-refractivity contribution in [2.75, 3.05) is 39.6 Å². The molecule has 0 aromatic carbocycles. The number of hydrogen-bond acceptors (Lipinski definition) is 15. The van der Waals surface area contributed by atoms with Crippen molar-refractivity contribution in [3.05, 3.63) is 24.3 Å². The number of carbonyl (C=O) groups is 4. The van der Waals surface area contributed by atoms with Crippen molar-refractivity contribution in [3.8, 4) is 0 Å². The first-order chi connectivity index (χ1) is 42.3. The fourth-order valence-electron chi connectivity index (χ4n) is 9.76. The van der Waals surface area contributed by atoms with Crippen LogP contribution in [-0.2, 0) is 65.4 Å². The molecule has 0 spiro atoms. The molecule has 0 aromatic rings. The molecule has 518 valence electrons. The number of unbranched alkanes of at least 4 members (excludes halogenated alkanes) is 28. The number of allylic oxidation sites excluding steroid dienone is 4. The van der Waals surface area contributed by atoms with Gasteiger partial charge in [-0.15, -0.1) is 0 Å². The van der Waals surface area contributed by atoms with Gasteiger partial charge in [0.2, 0.25) is 0 Å². The normalized spacial score (nSPS) is 15.0. The monoisotopic (exact) mass is 1290 g/mol. The van der Waals surface area contributed by atoms with Crippen molar-refractivity contribution < 1.29 is 80.2 Å². The van der Waals surface area contributed by atoms with Gasteiger partial charge in [-0.05, 0) is 69.1 Å². The molecule has 0 saturated heterocycles. The van der Waals surface area contributed by atoms with Crippen LogP contribution in [-0.4, -0.2) is 96.7 Å². The Morgan fingerprint density at radius 3 is 1.01 bits per heavy atom. The second kappa shape index (κ2) is 59.5. The van der Waals surface area contributed by atoms with Gasteiger partial charge in [0.05, 0.1) is 26.4 Å². The van der Waals surface area contributed by atoms with E-state index >= 15 is 0 Å². The standard InChI is InChI=1S/C69H130O17P2/c1-8-11-12-13-14-15-16-17-18-19-20-21-28-36-43-50-66(71)79-57-65(86-69(74)53-46-39-32-31-35-42-49-62(7)10-3)59-84-88(77,78)82-55-63(70)54-81-87(75,76)83-58-64(56-80-67(72)51-44-37-29-24-22-26-33-40-47-60(4)5)85-68(73)52-45-38-30-25-23-27-34-41-48-61(6)9-2/h15-18,60-65,70H,8-14,19-59H2,1-7H3,(H,75,76)(H,77,78)/b16-15-,18-17-/t61?,62?,63?,64-,65-/m1/s1. The zero-order chi connectivity index (χ0) is 65.2. The molecule has 0 rings (SSSR count). The van der Waals surface area contributed by atoms with Crippen LogP contribution < -0.4 is 0 Å². The zero-order valence-corrected chi connectivity index (χ0v) is 58.5. The molecular formula is C69H130O17P2. The van der Waals surface area contributed by atoms with Crippen LogP contribution in [0, 0.1) is 17.8 Å². The van der Waals surface area contributed by atoms with E-state index in [4.69, 9.17) is 37.0 Å². The number of rotatable bonds is 65. The summed E-state index contributed by atoms with van der Waals surface area (Å²) in [5, 5.41) is 10.6. The number of aliphatic hydroxyl groups is 1. The fourth-order valence-corrected chi connectivity index (χ4v) is 11.3. The molecule has 0 saturated carbocycles. The Morgan fingerprint density at radius 2 is 0.670 bits per heavy atom. The number of esters is 4. The fraction of sp³-hybridized carbons (Fsp3) is 0.884. The quantitative estimate of drug-likeness (QED) is 0.0169. The number of aliphatic hydroxyl groups excluding tert-OH is 1. The van der Waals surface area contributed by atoms with Crippen molar-refractivity contribution in [2.24, 2.45) is 17.8 Å². The molecule has 0 heterocycles. The summed E-state index contributed by atoms with van der Waals surface area (Å²) in [6.45, 7) is 11.7. The molecule has 0 bridgehead atoms. The highest BCUT2D eigenvalue weighted by molar-refractivity contribution is 7.47. The molecular weight excluding hydrogens is 1160 g/mol. The summed E-state index contributed by atoms with van der Waals surface area (Å²) in [6, 6.07) is 0. The van der Waals surface area contributed by atoms with Crippen molar-refractivity contribution in [1.82, 2.24) is 0 Å². The van der Waals surface area contributed by atoms with Crippen LogP contribution in [0.15, 0.2) is 24.3 Å². The van der Waals surface area contributed by atoms with Crippen LogP contribution in [0.1, 0.15) is 318 Å². The van der Waals surface area contributed by atoms with Gasteiger partial charge < -0.3 is 33.8 Å². The van der Waals surface area contributed by atoms with Crippen LogP contribution in [0.3, 0.4) is 0 Å². The third kappa shape index (κ3) is 59.8. The van der Waals surface area contributed by atoms with Gasteiger partial charge in [0.25, 0.3) is 0 Å². The maximum atomic E-state index is 13.0. The number of carbonyl (C=O) groups excluding carboxylic acids is 4. The average Bonchev–Trinajstić information content (AvgIpc) is 3.68. The van der Waals surface area contributed by atoms with Gasteiger partial charge in [-0.2, -0.15) is 0 Å². The van der Waals surface area contributed by atoms with Crippen LogP contribution >= 0.6 is 15.6 Å². The maximum Gasteiger partial charge on any atom is 0.472 e. The second-order valence-corrected chi connectivity index (χ2v) is 28.1. The summed E-state index contributed by atoms with van der Waals surface area (Å²) in [6.07, 6.45) is 45.3. The maximum absolute atomic E-state index is 13.0. The van der Waals surface area contributed by atoms with Crippen molar-refractivity contribution in [2.45, 2.75) is 336 Å². The lowest BCUT2D eigenvalue weighted by Crippen LogP contribution is -2.30. The second-order valence-electron chi connectivity index (χ2n) is 25.2. The third-order valence-electron chi connectivity index (χ3n) is 16.0. The van der Waals surface area contributed by atoms with Gasteiger partial charge in [-0.3, -0.25) is 37.3 Å². The predicted molar refractivity (Wildman–Crippen MR) is 354 cm³/mol. The Balaban J connectivity index is 5.28. The van der Waals surface area contributed by atoms with Gasteiger partial charge in [0.15, 0.2) is 12.2 Å². The lowest BCUT2D eigenvalue weighted by atomic mass is 9.99. The average molecular weight is 1290 g/mol. The molecule has 19 heteroatoms. The van der Waals surface area contributed by atoms with Gasteiger partial charge in [-0.25, -0.2) is 9.13 Å². The zero-order valence-electron chi connectivity index (χ0n) is 56.7. The Morgan fingerprint density at radius 1 is 0.375 bits per heavy atom. The Kier molecular flexibility index (Phi) is 57.9. The van der Waals surface area contributed by atoms with E-state index in [2.05, 4.69) is 72.8 Å². The van der Waals surface area contributed by atoms with E-state index in [9.17, 15) is 43.2 Å². The molecule has 0 aromatic heterocycles. The third-order valence-corrected chi connectivity index (χ3v) is 17.9. The van der Waals surface area contributed by atoms with E-state index in [0.717, 1.165) is 121 Å². The first kappa shape index (κ1) is 85.5.